The Kier molecular flexibility index (Phi) is 4.49. The Hall–Kier alpha value is -1.16. The van der Waals surface area contributed by atoms with E-state index in [1.54, 1.807) is 19.1 Å². The second kappa shape index (κ2) is 5.66. The zero-order valence-electron chi connectivity index (χ0n) is 8.82. The fourth-order valence-corrected chi connectivity index (χ4v) is 1.70. The molecule has 15 heavy (non-hydrogen) atoms. The average molecular weight is 226 g/mol. The van der Waals surface area contributed by atoms with Gasteiger partial charge >= 0.3 is 5.97 Å². The van der Waals surface area contributed by atoms with Crippen LogP contribution in [0, 0.1) is 0 Å². The van der Waals surface area contributed by atoms with Crippen molar-refractivity contribution in [2.24, 2.45) is 0 Å². The number of rotatable bonds is 4. The Labute approximate surface area is 93.4 Å². The van der Waals surface area contributed by atoms with Crippen molar-refractivity contribution in [3.8, 4) is 5.75 Å². The second-order valence-corrected chi connectivity index (χ2v) is 3.84. The van der Waals surface area contributed by atoms with E-state index in [1.165, 1.54) is 11.8 Å². The molecule has 0 saturated carbocycles. The van der Waals surface area contributed by atoms with Crippen molar-refractivity contribution in [1.29, 1.82) is 0 Å². The summed E-state index contributed by atoms with van der Waals surface area (Å²) >= 11 is 1.47. The minimum atomic E-state index is -0.270. The third-order valence-electron chi connectivity index (χ3n) is 1.90. The van der Waals surface area contributed by atoms with Gasteiger partial charge in [0.1, 0.15) is 5.75 Å². The highest BCUT2D eigenvalue weighted by atomic mass is 32.2. The Morgan fingerprint density at radius 3 is 2.80 bits per heavy atom. The summed E-state index contributed by atoms with van der Waals surface area (Å²) in [5, 5.41) is 9.56. The minimum absolute atomic E-state index is 0.204. The van der Waals surface area contributed by atoms with Crippen LogP contribution >= 0.6 is 11.8 Å². The molecule has 0 aliphatic carbocycles. The summed E-state index contributed by atoms with van der Waals surface area (Å²) in [6.45, 7) is 2.15. The number of hydrogen-bond donors (Lipinski definition) is 1. The van der Waals surface area contributed by atoms with Gasteiger partial charge < -0.3 is 9.84 Å². The van der Waals surface area contributed by atoms with Gasteiger partial charge in [-0.05, 0) is 30.9 Å². The van der Waals surface area contributed by atoms with Crippen LogP contribution in [-0.4, -0.2) is 23.9 Å². The highest BCUT2D eigenvalue weighted by Crippen LogP contribution is 2.27. The molecule has 1 rings (SSSR count). The van der Waals surface area contributed by atoms with Crippen LogP contribution < -0.4 is 0 Å². The van der Waals surface area contributed by atoms with Crippen molar-refractivity contribution in [2.45, 2.75) is 18.2 Å². The molecular weight excluding hydrogens is 212 g/mol. The summed E-state index contributed by atoms with van der Waals surface area (Å²) in [5.74, 6) is -0.0573. The van der Waals surface area contributed by atoms with E-state index >= 15 is 0 Å². The predicted molar refractivity (Wildman–Crippen MR) is 60.2 cm³/mol. The van der Waals surface area contributed by atoms with Gasteiger partial charge in [-0.15, -0.1) is 11.8 Å². The zero-order chi connectivity index (χ0) is 11.3. The Bertz CT molecular complexity index is 350. The van der Waals surface area contributed by atoms with Gasteiger partial charge in [0.25, 0.3) is 0 Å². The SMILES string of the molecule is CCOC(=O)Cc1ccc(SC)c(O)c1. The lowest BCUT2D eigenvalue weighted by molar-refractivity contribution is -0.142. The molecule has 0 bridgehead atoms. The van der Waals surface area contributed by atoms with E-state index in [2.05, 4.69) is 0 Å². The molecule has 0 atom stereocenters. The molecule has 0 saturated heterocycles. The van der Waals surface area contributed by atoms with Crippen LogP contribution in [0.2, 0.25) is 0 Å². The number of carbonyl (C=O) groups is 1. The highest BCUT2D eigenvalue weighted by molar-refractivity contribution is 7.98. The largest absolute Gasteiger partial charge is 0.507 e. The smallest absolute Gasteiger partial charge is 0.310 e. The third-order valence-corrected chi connectivity index (χ3v) is 2.68. The van der Waals surface area contributed by atoms with E-state index in [1.807, 2.05) is 12.3 Å². The fourth-order valence-electron chi connectivity index (χ4n) is 1.22. The lowest BCUT2D eigenvalue weighted by Gasteiger charge is -2.05. The van der Waals surface area contributed by atoms with Gasteiger partial charge in [0, 0.05) is 4.90 Å². The standard InChI is InChI=1S/C11H14O3S/c1-3-14-11(13)7-8-4-5-10(15-2)9(12)6-8/h4-6,12H,3,7H2,1-2H3. The molecule has 0 heterocycles. The van der Waals surface area contributed by atoms with Gasteiger partial charge in [-0.3, -0.25) is 4.79 Å². The maximum Gasteiger partial charge on any atom is 0.310 e. The predicted octanol–water partition coefficient (Wildman–Crippen LogP) is 2.22. The lowest BCUT2D eigenvalue weighted by Crippen LogP contribution is -2.07. The fraction of sp³-hybridized carbons (Fsp3) is 0.364. The molecule has 82 valence electrons. The first-order chi connectivity index (χ1) is 7.17. The zero-order valence-corrected chi connectivity index (χ0v) is 9.63. The van der Waals surface area contributed by atoms with E-state index in [9.17, 15) is 9.90 Å². The maximum absolute atomic E-state index is 11.2. The number of aromatic hydroxyl groups is 1. The molecule has 1 aromatic carbocycles. The molecule has 0 radical (unpaired) electrons. The van der Waals surface area contributed by atoms with Crippen molar-refractivity contribution in [3.63, 3.8) is 0 Å². The van der Waals surface area contributed by atoms with E-state index in [-0.39, 0.29) is 18.1 Å². The van der Waals surface area contributed by atoms with Gasteiger partial charge in [0.2, 0.25) is 0 Å². The van der Waals surface area contributed by atoms with Crippen LogP contribution in [0.25, 0.3) is 0 Å². The average Bonchev–Trinajstić information content (AvgIpc) is 2.18. The summed E-state index contributed by atoms with van der Waals surface area (Å²) in [7, 11) is 0. The number of ether oxygens (including phenoxy) is 1. The first-order valence-corrected chi connectivity index (χ1v) is 5.91. The second-order valence-electron chi connectivity index (χ2n) is 2.99. The summed E-state index contributed by atoms with van der Waals surface area (Å²) in [5.41, 5.74) is 0.767. The number of phenols is 1. The van der Waals surface area contributed by atoms with E-state index in [0.717, 1.165) is 10.5 Å². The molecule has 0 amide bonds. The molecule has 0 spiro atoms. The van der Waals surface area contributed by atoms with Gasteiger partial charge in [0.15, 0.2) is 0 Å². The van der Waals surface area contributed by atoms with Crippen LogP contribution in [0.4, 0.5) is 0 Å². The first kappa shape index (κ1) is 11.9. The van der Waals surface area contributed by atoms with E-state index < -0.39 is 0 Å². The molecule has 0 aliphatic heterocycles. The van der Waals surface area contributed by atoms with Gasteiger partial charge in [0.05, 0.1) is 13.0 Å². The number of benzene rings is 1. The molecule has 1 N–H and O–H groups in total. The summed E-state index contributed by atoms with van der Waals surface area (Å²) in [6, 6.07) is 5.22. The van der Waals surface area contributed by atoms with Gasteiger partial charge in [-0.2, -0.15) is 0 Å². The lowest BCUT2D eigenvalue weighted by atomic mass is 10.1. The highest BCUT2D eigenvalue weighted by Gasteiger charge is 2.06. The van der Waals surface area contributed by atoms with Gasteiger partial charge in [-0.25, -0.2) is 0 Å². The Balaban J connectivity index is 2.71. The number of thioether (sulfide) groups is 1. The minimum Gasteiger partial charge on any atom is -0.507 e. The van der Waals surface area contributed by atoms with Crippen LogP contribution in [0.1, 0.15) is 12.5 Å². The topological polar surface area (TPSA) is 46.5 Å². The molecule has 0 fully saturated rings. The monoisotopic (exact) mass is 226 g/mol. The summed E-state index contributed by atoms with van der Waals surface area (Å²) in [4.78, 5) is 12.0. The van der Waals surface area contributed by atoms with Crippen LogP contribution in [0.15, 0.2) is 23.1 Å². The third kappa shape index (κ3) is 3.47. The van der Waals surface area contributed by atoms with Crippen molar-refractivity contribution in [2.75, 3.05) is 12.9 Å². The molecule has 4 heteroatoms. The van der Waals surface area contributed by atoms with Crippen LogP contribution in [0.5, 0.6) is 5.75 Å². The number of carbonyl (C=O) groups excluding carboxylic acids is 1. The quantitative estimate of drug-likeness (QED) is 0.631. The first-order valence-electron chi connectivity index (χ1n) is 4.69. The summed E-state index contributed by atoms with van der Waals surface area (Å²) in [6.07, 6.45) is 2.09. The molecule has 1 aromatic rings. The molecule has 0 unspecified atom stereocenters. The molecular formula is C11H14O3S. The van der Waals surface area contributed by atoms with Crippen LogP contribution in [0.3, 0.4) is 0 Å². The number of phenolic OH excluding ortho intramolecular Hbond substituents is 1. The van der Waals surface area contributed by atoms with Crippen LogP contribution in [-0.2, 0) is 16.0 Å². The van der Waals surface area contributed by atoms with E-state index in [4.69, 9.17) is 4.74 Å². The van der Waals surface area contributed by atoms with Gasteiger partial charge in [-0.1, -0.05) is 6.07 Å². The molecule has 0 aliphatic rings. The maximum atomic E-state index is 11.2. The summed E-state index contributed by atoms with van der Waals surface area (Å²) < 4.78 is 4.82. The van der Waals surface area contributed by atoms with Crippen molar-refractivity contribution in [1.82, 2.24) is 0 Å². The van der Waals surface area contributed by atoms with Crippen molar-refractivity contribution < 1.29 is 14.6 Å². The number of hydrogen-bond acceptors (Lipinski definition) is 4. The Morgan fingerprint density at radius 1 is 1.53 bits per heavy atom. The normalized spacial score (nSPS) is 10.0. The molecule has 3 nitrogen and oxygen atoms in total. The van der Waals surface area contributed by atoms with Crippen molar-refractivity contribution in [3.05, 3.63) is 23.8 Å². The molecule has 0 aromatic heterocycles. The number of esters is 1. The van der Waals surface area contributed by atoms with Crippen molar-refractivity contribution >= 4 is 17.7 Å². The van der Waals surface area contributed by atoms with E-state index in [0.29, 0.717) is 6.61 Å². The Morgan fingerprint density at radius 2 is 2.27 bits per heavy atom.